The molecule has 0 radical (unpaired) electrons. The number of benzene rings is 11. The van der Waals surface area contributed by atoms with Crippen LogP contribution in [0.5, 0.6) is 0 Å². The van der Waals surface area contributed by atoms with Gasteiger partial charge in [-0.15, -0.1) is 0 Å². The number of nitrogens with zero attached hydrogens (tertiary/aromatic N) is 1. The molecule has 0 amide bonds. The van der Waals surface area contributed by atoms with Gasteiger partial charge in [-0.25, -0.2) is 0 Å². The second kappa shape index (κ2) is 16.8. The average molecular weight is 854 g/mol. The van der Waals surface area contributed by atoms with Crippen LogP contribution >= 0.6 is 0 Å². The van der Waals surface area contributed by atoms with Crippen LogP contribution in [0.4, 0.5) is 17.1 Å². The third kappa shape index (κ3) is 6.79. The summed E-state index contributed by atoms with van der Waals surface area (Å²) in [6, 6.07) is 89.4. The first-order chi connectivity index (χ1) is 33.2. The molecule has 1 aliphatic rings. The van der Waals surface area contributed by atoms with Gasteiger partial charge >= 0.3 is 0 Å². The van der Waals surface area contributed by atoms with E-state index in [0.29, 0.717) is 0 Å². The normalized spacial score (nSPS) is 12.9. The predicted octanol–water partition coefficient (Wildman–Crippen LogP) is 17.8. The molecule has 0 fully saturated rings. The van der Waals surface area contributed by atoms with Crippen LogP contribution in [0.25, 0.3) is 72.8 Å². The predicted molar refractivity (Wildman–Crippen MR) is 286 cm³/mol. The zero-order valence-corrected chi connectivity index (χ0v) is 37.4. The number of hydrogen-bond acceptors (Lipinski definition) is 1. The summed E-state index contributed by atoms with van der Waals surface area (Å²) in [4.78, 5) is 2.47. The maximum atomic E-state index is 2.47. The highest BCUT2D eigenvalue weighted by Gasteiger charge is 2.47. The van der Waals surface area contributed by atoms with E-state index in [9.17, 15) is 0 Å². The van der Waals surface area contributed by atoms with Crippen molar-refractivity contribution in [2.24, 2.45) is 0 Å². The van der Waals surface area contributed by atoms with E-state index >= 15 is 0 Å². The summed E-state index contributed by atoms with van der Waals surface area (Å²) in [6.07, 6.45) is 8.87. The average Bonchev–Trinajstić information content (AvgIpc) is 3.71. The van der Waals surface area contributed by atoms with Crippen molar-refractivity contribution in [3.63, 3.8) is 0 Å². The fraction of sp³-hybridized carbons (Fsp3) is 0.0303. The molecule has 0 spiro atoms. The van der Waals surface area contributed by atoms with Crippen molar-refractivity contribution in [2.45, 2.75) is 12.3 Å². The Morgan fingerprint density at radius 3 is 1.75 bits per heavy atom. The summed E-state index contributed by atoms with van der Waals surface area (Å²) in [5.74, 6) is 0. The highest BCUT2D eigenvalue weighted by Crippen LogP contribution is 2.59. The zero-order valence-electron chi connectivity index (χ0n) is 37.4. The number of hydrogen-bond donors (Lipinski definition) is 0. The molecule has 12 rings (SSSR count). The first-order valence-electron chi connectivity index (χ1n) is 23.3. The number of fused-ring (bicyclic) bond motifs is 7. The van der Waals surface area contributed by atoms with E-state index in [4.69, 9.17) is 0 Å². The highest BCUT2D eigenvalue weighted by atomic mass is 15.1. The SMILES string of the molecule is C/C=C\c1ccc2ccccc2c1/C=C/c1cccc(N(c2ccc(-c3ccc4ccc5ccccc5c4c3)cc2)c2cccc3c2-c2ccccc2C3(c2ccccc2)c2ccccc2)c1. The summed E-state index contributed by atoms with van der Waals surface area (Å²) < 4.78 is 0. The second-order valence-electron chi connectivity index (χ2n) is 17.6. The van der Waals surface area contributed by atoms with Crippen LogP contribution in [0.15, 0.2) is 249 Å². The van der Waals surface area contributed by atoms with Gasteiger partial charge in [0.25, 0.3) is 0 Å². The molecule has 0 saturated carbocycles. The molecule has 0 N–H and O–H groups in total. The van der Waals surface area contributed by atoms with Crippen molar-refractivity contribution in [2.75, 3.05) is 4.90 Å². The lowest BCUT2D eigenvalue weighted by molar-refractivity contribution is 0.768. The van der Waals surface area contributed by atoms with E-state index < -0.39 is 5.41 Å². The molecule has 0 bridgehead atoms. The Kier molecular flexibility index (Phi) is 10.0. The van der Waals surface area contributed by atoms with Crippen molar-refractivity contribution in [1.29, 1.82) is 0 Å². The Morgan fingerprint density at radius 2 is 0.985 bits per heavy atom. The first kappa shape index (κ1) is 40.0. The van der Waals surface area contributed by atoms with E-state index in [0.717, 1.165) is 22.6 Å². The number of anilines is 3. The molecule has 67 heavy (non-hydrogen) atoms. The minimum atomic E-state index is -0.520. The van der Waals surface area contributed by atoms with Gasteiger partial charge in [-0.05, 0) is 131 Å². The van der Waals surface area contributed by atoms with Gasteiger partial charge in [-0.3, -0.25) is 0 Å². The van der Waals surface area contributed by atoms with Crippen LogP contribution in [0, 0.1) is 0 Å². The second-order valence-corrected chi connectivity index (χ2v) is 17.6. The quantitative estimate of drug-likeness (QED) is 0.103. The van der Waals surface area contributed by atoms with Crippen LogP contribution in [-0.2, 0) is 5.41 Å². The van der Waals surface area contributed by atoms with Crippen molar-refractivity contribution >= 4 is 67.6 Å². The molecular weight excluding hydrogens is 807 g/mol. The van der Waals surface area contributed by atoms with E-state index in [2.05, 4.69) is 279 Å². The van der Waals surface area contributed by atoms with Gasteiger partial charge in [0.05, 0.1) is 11.1 Å². The van der Waals surface area contributed by atoms with Crippen molar-refractivity contribution in [3.05, 3.63) is 288 Å². The Morgan fingerprint density at radius 1 is 0.388 bits per heavy atom. The molecule has 316 valence electrons. The first-order valence-corrected chi connectivity index (χ1v) is 23.3. The lowest BCUT2D eigenvalue weighted by Crippen LogP contribution is -2.28. The molecule has 0 aromatic heterocycles. The molecular formula is C66H47N. The highest BCUT2D eigenvalue weighted by molar-refractivity contribution is 6.09. The fourth-order valence-electron chi connectivity index (χ4n) is 10.8. The van der Waals surface area contributed by atoms with Crippen molar-refractivity contribution in [1.82, 2.24) is 0 Å². The van der Waals surface area contributed by atoms with Gasteiger partial charge in [-0.2, -0.15) is 0 Å². The number of allylic oxidation sites excluding steroid dienone is 1. The summed E-state index contributed by atoms with van der Waals surface area (Å²) in [7, 11) is 0. The van der Waals surface area contributed by atoms with Crippen molar-refractivity contribution in [3.8, 4) is 22.3 Å². The minimum absolute atomic E-state index is 0.520. The molecule has 0 saturated heterocycles. The van der Waals surface area contributed by atoms with Crippen LogP contribution in [0.2, 0.25) is 0 Å². The molecule has 0 heterocycles. The van der Waals surface area contributed by atoms with Gasteiger partial charge in [0, 0.05) is 16.9 Å². The number of rotatable bonds is 9. The summed E-state index contributed by atoms with van der Waals surface area (Å²) >= 11 is 0. The minimum Gasteiger partial charge on any atom is -0.310 e. The van der Waals surface area contributed by atoms with Gasteiger partial charge in [0.15, 0.2) is 0 Å². The summed E-state index contributed by atoms with van der Waals surface area (Å²) in [5, 5.41) is 7.52. The van der Waals surface area contributed by atoms with Crippen LogP contribution in [0.1, 0.15) is 45.9 Å². The Hall–Kier alpha value is -8.52. The zero-order chi connectivity index (χ0) is 44.7. The molecule has 0 unspecified atom stereocenters. The van der Waals surface area contributed by atoms with E-state index in [1.165, 1.54) is 88.0 Å². The molecule has 11 aromatic carbocycles. The van der Waals surface area contributed by atoms with Gasteiger partial charge in [0.2, 0.25) is 0 Å². The van der Waals surface area contributed by atoms with Crippen LogP contribution in [-0.4, -0.2) is 0 Å². The lowest BCUT2D eigenvalue weighted by Gasteiger charge is -2.34. The summed E-state index contributed by atoms with van der Waals surface area (Å²) in [5.41, 5.74) is 16.3. The summed E-state index contributed by atoms with van der Waals surface area (Å²) in [6.45, 7) is 2.08. The standard InChI is InChI=1S/C66H47N/c1-2-17-48-33-34-49-19-9-11-26-57(49)59(48)43-32-46-18-15-25-56(44-46)67(55-41-39-47(40-42-55)52-38-37-51-36-35-50-20-10-12-27-58(50)61(51)45-52)64-31-16-30-63-65(64)60-28-13-14-29-62(60)66(63,53-21-5-3-6-22-53)54-23-7-4-8-24-54/h2-45H,1H3/b17-2-,43-32+. The molecule has 1 aliphatic carbocycles. The lowest BCUT2D eigenvalue weighted by atomic mass is 9.68. The van der Waals surface area contributed by atoms with E-state index in [1.54, 1.807) is 0 Å². The Balaban J connectivity index is 1.05. The smallest absolute Gasteiger partial charge is 0.0714 e. The molecule has 1 nitrogen and oxygen atoms in total. The van der Waals surface area contributed by atoms with Crippen molar-refractivity contribution < 1.29 is 0 Å². The van der Waals surface area contributed by atoms with Gasteiger partial charge in [-0.1, -0.05) is 231 Å². The Bertz CT molecular complexity index is 3650. The maximum Gasteiger partial charge on any atom is 0.0714 e. The third-order valence-corrected chi connectivity index (χ3v) is 13.8. The fourth-order valence-corrected chi connectivity index (χ4v) is 10.8. The van der Waals surface area contributed by atoms with Gasteiger partial charge in [0.1, 0.15) is 0 Å². The van der Waals surface area contributed by atoms with Crippen LogP contribution in [0.3, 0.4) is 0 Å². The van der Waals surface area contributed by atoms with E-state index in [1.807, 2.05) is 0 Å². The molecule has 0 aliphatic heterocycles. The molecule has 11 aromatic rings. The largest absolute Gasteiger partial charge is 0.310 e. The maximum absolute atomic E-state index is 2.47. The topological polar surface area (TPSA) is 3.24 Å². The Labute approximate surface area is 392 Å². The monoisotopic (exact) mass is 853 g/mol. The molecule has 0 atom stereocenters. The molecule has 1 heteroatoms. The van der Waals surface area contributed by atoms with Gasteiger partial charge < -0.3 is 4.90 Å². The van der Waals surface area contributed by atoms with Crippen LogP contribution < -0.4 is 4.90 Å². The third-order valence-electron chi connectivity index (χ3n) is 13.8. The van der Waals surface area contributed by atoms with E-state index in [-0.39, 0.29) is 0 Å².